The maximum atomic E-state index is 12.3. The van der Waals surface area contributed by atoms with Crippen molar-refractivity contribution in [2.24, 2.45) is 5.10 Å². The number of methoxy groups -OCH3 is 2. The number of hydrogen-bond acceptors (Lipinski definition) is 8. The monoisotopic (exact) mass is 489 g/mol. The molecule has 0 fully saturated rings. The molecular formula is C25H23N5O4S. The van der Waals surface area contributed by atoms with Crippen molar-refractivity contribution < 1.29 is 18.7 Å². The molecule has 0 aliphatic carbocycles. The minimum Gasteiger partial charge on any atom is -0.497 e. The zero-order chi connectivity index (χ0) is 24.5. The fraction of sp³-hybridized carbons (Fsp3) is 0.120. The average Bonchev–Trinajstić information content (AvgIpc) is 3.57. The first-order chi connectivity index (χ1) is 17.2. The van der Waals surface area contributed by atoms with Gasteiger partial charge >= 0.3 is 0 Å². The highest BCUT2D eigenvalue weighted by molar-refractivity contribution is 7.99. The van der Waals surface area contributed by atoms with E-state index < -0.39 is 0 Å². The Labute approximate surface area is 206 Å². The van der Waals surface area contributed by atoms with Crippen molar-refractivity contribution in [3.8, 4) is 28.6 Å². The third-order valence-electron chi connectivity index (χ3n) is 4.80. The van der Waals surface area contributed by atoms with E-state index in [1.807, 2.05) is 59.2 Å². The van der Waals surface area contributed by atoms with E-state index in [4.69, 9.17) is 13.9 Å². The lowest BCUT2D eigenvalue weighted by molar-refractivity contribution is -0.118. The van der Waals surface area contributed by atoms with Crippen LogP contribution in [0.1, 0.15) is 5.76 Å². The molecule has 0 spiro atoms. The summed E-state index contributed by atoms with van der Waals surface area (Å²) in [6.07, 6.45) is 6.48. The van der Waals surface area contributed by atoms with Crippen LogP contribution < -0.4 is 14.9 Å². The third-order valence-corrected chi connectivity index (χ3v) is 5.73. The quantitative estimate of drug-likeness (QED) is 0.199. The van der Waals surface area contributed by atoms with Gasteiger partial charge in [0.1, 0.15) is 17.3 Å². The summed E-state index contributed by atoms with van der Waals surface area (Å²) >= 11 is 1.26. The molecule has 0 saturated carbocycles. The Balaban J connectivity index is 1.49. The molecule has 0 saturated heterocycles. The molecule has 35 heavy (non-hydrogen) atoms. The van der Waals surface area contributed by atoms with Crippen molar-refractivity contribution in [3.63, 3.8) is 0 Å². The van der Waals surface area contributed by atoms with Crippen LogP contribution >= 0.6 is 11.8 Å². The summed E-state index contributed by atoms with van der Waals surface area (Å²) < 4.78 is 17.6. The summed E-state index contributed by atoms with van der Waals surface area (Å²) in [4.78, 5) is 12.3. The van der Waals surface area contributed by atoms with Gasteiger partial charge < -0.3 is 13.9 Å². The van der Waals surface area contributed by atoms with Gasteiger partial charge in [0.25, 0.3) is 5.91 Å². The molecular weight excluding hydrogens is 466 g/mol. The Morgan fingerprint density at radius 2 is 1.77 bits per heavy atom. The summed E-state index contributed by atoms with van der Waals surface area (Å²) in [5, 5.41) is 13.2. The number of hydrazone groups is 1. The minimum absolute atomic E-state index is 0.107. The average molecular weight is 490 g/mol. The molecule has 0 aliphatic rings. The van der Waals surface area contributed by atoms with E-state index in [1.165, 1.54) is 18.0 Å². The van der Waals surface area contributed by atoms with Crippen LogP contribution in [-0.2, 0) is 4.79 Å². The van der Waals surface area contributed by atoms with Gasteiger partial charge in [-0.2, -0.15) is 5.10 Å². The second-order valence-electron chi connectivity index (χ2n) is 7.04. The van der Waals surface area contributed by atoms with E-state index in [2.05, 4.69) is 20.7 Å². The summed E-state index contributed by atoms with van der Waals surface area (Å²) in [5.41, 5.74) is 4.20. The Morgan fingerprint density at radius 1 is 1.06 bits per heavy atom. The molecule has 1 N–H and O–H groups in total. The molecule has 0 radical (unpaired) electrons. The predicted molar refractivity (Wildman–Crippen MR) is 135 cm³/mol. The van der Waals surface area contributed by atoms with Crippen molar-refractivity contribution >= 4 is 30.0 Å². The highest BCUT2D eigenvalue weighted by atomic mass is 32.2. The zero-order valence-corrected chi connectivity index (χ0v) is 19.9. The number of carbonyl (C=O) groups excluding carboxylic acids is 1. The molecule has 0 bridgehead atoms. The summed E-state index contributed by atoms with van der Waals surface area (Å²) in [7, 11) is 3.24. The topological polar surface area (TPSA) is 104 Å². The minimum atomic E-state index is -0.270. The third kappa shape index (κ3) is 6.18. The van der Waals surface area contributed by atoms with Crippen molar-refractivity contribution in [2.75, 3.05) is 20.0 Å². The first-order valence-corrected chi connectivity index (χ1v) is 11.6. The summed E-state index contributed by atoms with van der Waals surface area (Å²) in [5.74, 6) is 2.66. The number of thioether (sulfide) groups is 1. The lowest BCUT2D eigenvalue weighted by atomic mass is 10.2. The van der Waals surface area contributed by atoms with Crippen LogP contribution in [0, 0.1) is 0 Å². The van der Waals surface area contributed by atoms with Crippen LogP contribution in [0.3, 0.4) is 0 Å². The number of amides is 1. The van der Waals surface area contributed by atoms with Gasteiger partial charge in [-0.3, -0.25) is 9.36 Å². The van der Waals surface area contributed by atoms with Gasteiger partial charge in [0.15, 0.2) is 11.0 Å². The normalized spacial score (nSPS) is 11.3. The SMILES string of the molecule is COc1ccc(-c2nnc(SCC(=O)N/N=C\C=C\c3ccco3)n2-c2ccc(OC)cc2)cc1. The maximum absolute atomic E-state index is 12.3. The van der Waals surface area contributed by atoms with Crippen LogP contribution in [0.4, 0.5) is 0 Å². The van der Waals surface area contributed by atoms with Crippen molar-refractivity contribution in [2.45, 2.75) is 5.16 Å². The lowest BCUT2D eigenvalue weighted by Crippen LogP contribution is -2.19. The molecule has 0 aliphatic heterocycles. The fourth-order valence-corrected chi connectivity index (χ4v) is 3.84. The van der Waals surface area contributed by atoms with Crippen molar-refractivity contribution in [1.29, 1.82) is 0 Å². The molecule has 4 rings (SSSR count). The van der Waals surface area contributed by atoms with Gasteiger partial charge in [-0.05, 0) is 72.8 Å². The molecule has 2 aromatic heterocycles. The number of hydrogen-bond donors (Lipinski definition) is 1. The number of carbonyl (C=O) groups is 1. The van der Waals surface area contributed by atoms with E-state index in [-0.39, 0.29) is 11.7 Å². The molecule has 178 valence electrons. The maximum Gasteiger partial charge on any atom is 0.250 e. The van der Waals surface area contributed by atoms with Crippen molar-refractivity contribution in [3.05, 3.63) is 78.8 Å². The van der Waals surface area contributed by atoms with E-state index in [1.54, 1.807) is 38.7 Å². The molecule has 0 atom stereocenters. The van der Waals surface area contributed by atoms with Crippen molar-refractivity contribution in [1.82, 2.24) is 20.2 Å². The van der Waals surface area contributed by atoms with E-state index in [0.29, 0.717) is 16.7 Å². The molecule has 2 aromatic carbocycles. The Morgan fingerprint density at radius 3 is 2.43 bits per heavy atom. The number of rotatable bonds is 10. The lowest BCUT2D eigenvalue weighted by Gasteiger charge is -2.11. The predicted octanol–water partition coefficient (Wildman–Crippen LogP) is 4.45. The van der Waals surface area contributed by atoms with E-state index >= 15 is 0 Å². The first-order valence-electron chi connectivity index (χ1n) is 10.6. The van der Waals surface area contributed by atoms with Gasteiger partial charge in [0, 0.05) is 17.5 Å². The molecule has 1 amide bonds. The second-order valence-corrected chi connectivity index (χ2v) is 7.99. The van der Waals surface area contributed by atoms with Gasteiger partial charge in [0.05, 0.1) is 26.2 Å². The number of furan rings is 1. The number of benzene rings is 2. The number of nitrogens with zero attached hydrogens (tertiary/aromatic N) is 4. The standard InChI is InChI=1S/C25H23N5O4S/c1-32-20-11-7-18(8-12-20)24-28-29-25(30(24)19-9-13-21(33-2)14-10-19)35-17-23(31)27-26-15-3-5-22-6-4-16-34-22/h3-16H,17H2,1-2H3,(H,27,31)/b5-3+,26-15-. The Bertz CT molecular complexity index is 1300. The molecule has 2 heterocycles. The van der Waals surface area contributed by atoms with Crippen LogP contribution in [-0.4, -0.2) is 46.9 Å². The number of allylic oxidation sites excluding steroid dienone is 1. The number of aromatic nitrogens is 3. The van der Waals surface area contributed by atoms with Crippen LogP contribution in [0.15, 0.2) is 87.7 Å². The largest absolute Gasteiger partial charge is 0.497 e. The highest BCUT2D eigenvalue weighted by Gasteiger charge is 2.17. The number of nitrogens with one attached hydrogen (secondary N) is 1. The van der Waals surface area contributed by atoms with Crippen LogP contribution in [0.25, 0.3) is 23.2 Å². The molecule has 10 heteroatoms. The molecule has 9 nitrogen and oxygen atoms in total. The smallest absolute Gasteiger partial charge is 0.250 e. The highest BCUT2D eigenvalue weighted by Crippen LogP contribution is 2.29. The van der Waals surface area contributed by atoms with Crippen LogP contribution in [0.2, 0.25) is 0 Å². The summed E-state index contributed by atoms with van der Waals surface area (Å²) in [6, 6.07) is 18.7. The van der Waals surface area contributed by atoms with E-state index in [0.717, 1.165) is 22.7 Å². The number of ether oxygens (including phenoxy) is 2. The first kappa shape index (κ1) is 23.8. The van der Waals surface area contributed by atoms with Gasteiger partial charge in [0.2, 0.25) is 0 Å². The van der Waals surface area contributed by atoms with E-state index in [9.17, 15) is 4.79 Å². The fourth-order valence-electron chi connectivity index (χ4n) is 3.09. The Kier molecular flexibility index (Phi) is 7.97. The van der Waals surface area contributed by atoms with Gasteiger partial charge in [-0.25, -0.2) is 5.43 Å². The van der Waals surface area contributed by atoms with Crippen LogP contribution in [0.5, 0.6) is 11.5 Å². The summed E-state index contributed by atoms with van der Waals surface area (Å²) in [6.45, 7) is 0. The second kappa shape index (κ2) is 11.7. The van der Waals surface area contributed by atoms with Gasteiger partial charge in [-0.15, -0.1) is 10.2 Å². The molecule has 4 aromatic rings. The zero-order valence-electron chi connectivity index (χ0n) is 19.1. The van der Waals surface area contributed by atoms with Gasteiger partial charge in [-0.1, -0.05) is 11.8 Å². The Hall–Kier alpha value is -4.31. The molecule has 0 unspecified atom stereocenters.